The van der Waals surface area contributed by atoms with Crippen LogP contribution in [0, 0.1) is 5.92 Å². The Morgan fingerprint density at radius 1 is 1.00 bits per heavy atom. The van der Waals surface area contributed by atoms with Crippen LogP contribution < -0.4 is 5.73 Å². The minimum atomic E-state index is 0.465. The van der Waals surface area contributed by atoms with Crippen molar-refractivity contribution in [3.8, 4) is 0 Å². The van der Waals surface area contributed by atoms with E-state index in [0.717, 1.165) is 12.0 Å². The summed E-state index contributed by atoms with van der Waals surface area (Å²) < 4.78 is 0. The lowest BCUT2D eigenvalue weighted by molar-refractivity contribution is 0.133. The van der Waals surface area contributed by atoms with E-state index in [-0.39, 0.29) is 0 Å². The fraction of sp³-hybridized carbons (Fsp3) is 0.647. The number of hydrogen-bond donors (Lipinski definition) is 1. The first-order chi connectivity index (χ1) is 9.31. The van der Waals surface area contributed by atoms with Crippen molar-refractivity contribution < 1.29 is 0 Å². The molecule has 1 aliphatic carbocycles. The van der Waals surface area contributed by atoms with Gasteiger partial charge in [-0.25, -0.2) is 0 Å². The zero-order valence-corrected chi connectivity index (χ0v) is 11.8. The number of nitrogens with two attached hydrogens (primary N) is 1. The van der Waals surface area contributed by atoms with E-state index in [1.807, 2.05) is 0 Å². The van der Waals surface area contributed by atoms with E-state index in [1.165, 1.54) is 57.2 Å². The van der Waals surface area contributed by atoms with E-state index in [1.54, 1.807) is 0 Å². The van der Waals surface area contributed by atoms with Crippen molar-refractivity contribution in [3.63, 3.8) is 0 Å². The molecule has 3 rings (SSSR count). The van der Waals surface area contributed by atoms with Crippen LogP contribution in [0.15, 0.2) is 30.3 Å². The smallest absolute Gasteiger partial charge is 0.0111 e. The van der Waals surface area contributed by atoms with Crippen molar-refractivity contribution >= 4 is 0 Å². The predicted molar refractivity (Wildman–Crippen MR) is 80.1 cm³/mol. The Kier molecular flexibility index (Phi) is 4.19. The Balaban J connectivity index is 1.47. The first kappa shape index (κ1) is 13.1. The second-order valence-corrected chi connectivity index (χ2v) is 6.40. The lowest BCUT2D eigenvalue weighted by Gasteiger charge is -2.36. The third-order valence-corrected chi connectivity index (χ3v) is 4.98. The minimum absolute atomic E-state index is 0.465. The van der Waals surface area contributed by atoms with Crippen molar-refractivity contribution in [2.24, 2.45) is 11.7 Å². The molecule has 2 unspecified atom stereocenters. The van der Waals surface area contributed by atoms with Crippen molar-refractivity contribution in [2.75, 3.05) is 13.1 Å². The molecule has 0 radical (unpaired) electrons. The molecule has 1 aliphatic heterocycles. The summed E-state index contributed by atoms with van der Waals surface area (Å²) in [5, 5.41) is 0. The molecule has 2 aliphatic rings. The van der Waals surface area contributed by atoms with Crippen molar-refractivity contribution in [2.45, 2.75) is 50.6 Å². The fourth-order valence-corrected chi connectivity index (χ4v) is 3.79. The number of hydrogen-bond acceptors (Lipinski definition) is 2. The molecule has 0 amide bonds. The topological polar surface area (TPSA) is 29.3 Å². The number of rotatable bonds is 3. The summed E-state index contributed by atoms with van der Waals surface area (Å²) in [6, 6.07) is 12.2. The quantitative estimate of drug-likeness (QED) is 0.903. The Morgan fingerprint density at radius 2 is 1.74 bits per heavy atom. The predicted octanol–water partition coefficient (Wildman–Crippen LogP) is 2.82. The van der Waals surface area contributed by atoms with E-state index in [9.17, 15) is 0 Å². The highest BCUT2D eigenvalue weighted by Crippen LogP contribution is 2.28. The number of nitrogens with zero attached hydrogens (tertiary/aromatic N) is 1. The van der Waals surface area contributed by atoms with E-state index in [0.29, 0.717) is 6.04 Å². The van der Waals surface area contributed by atoms with Crippen LogP contribution in [0.3, 0.4) is 0 Å². The van der Waals surface area contributed by atoms with Gasteiger partial charge in [0.15, 0.2) is 0 Å². The standard InChI is InChI=1S/C17H26N2/c18-16-6-7-17(13-16)19-10-8-15(9-11-19)12-14-4-2-1-3-5-14/h1-5,15-17H,6-13,18H2. The number of benzene rings is 1. The first-order valence-electron chi connectivity index (χ1n) is 7.85. The van der Waals surface area contributed by atoms with Gasteiger partial charge in [0, 0.05) is 12.1 Å². The lowest BCUT2D eigenvalue weighted by atomic mass is 9.89. The van der Waals surface area contributed by atoms with Gasteiger partial charge in [-0.05, 0) is 63.1 Å². The summed E-state index contributed by atoms with van der Waals surface area (Å²) in [6.45, 7) is 2.57. The van der Waals surface area contributed by atoms with Crippen LogP contribution in [-0.2, 0) is 6.42 Å². The average Bonchev–Trinajstić information content (AvgIpc) is 2.87. The van der Waals surface area contributed by atoms with Crippen LogP contribution in [0.1, 0.15) is 37.7 Å². The molecule has 1 saturated carbocycles. The highest BCUT2D eigenvalue weighted by Gasteiger charge is 2.29. The molecule has 0 aromatic heterocycles. The Bertz CT molecular complexity index is 382. The maximum atomic E-state index is 6.03. The highest BCUT2D eigenvalue weighted by atomic mass is 15.2. The monoisotopic (exact) mass is 258 g/mol. The van der Waals surface area contributed by atoms with E-state index < -0.39 is 0 Å². The number of likely N-dealkylation sites (tertiary alicyclic amines) is 1. The molecule has 0 spiro atoms. The van der Waals surface area contributed by atoms with Crippen LogP contribution in [0.4, 0.5) is 0 Å². The minimum Gasteiger partial charge on any atom is -0.328 e. The van der Waals surface area contributed by atoms with E-state index in [2.05, 4.69) is 35.2 Å². The Hall–Kier alpha value is -0.860. The molecule has 1 heterocycles. The van der Waals surface area contributed by atoms with Gasteiger partial charge in [0.25, 0.3) is 0 Å². The van der Waals surface area contributed by atoms with Crippen LogP contribution >= 0.6 is 0 Å². The summed E-state index contributed by atoms with van der Waals surface area (Å²) >= 11 is 0. The molecule has 2 N–H and O–H groups in total. The van der Waals surface area contributed by atoms with Gasteiger partial charge in [0.2, 0.25) is 0 Å². The van der Waals surface area contributed by atoms with Crippen molar-refractivity contribution in [1.82, 2.24) is 4.90 Å². The average molecular weight is 258 g/mol. The van der Waals surface area contributed by atoms with Crippen molar-refractivity contribution in [1.29, 1.82) is 0 Å². The zero-order chi connectivity index (χ0) is 13.1. The lowest BCUT2D eigenvalue weighted by Crippen LogP contribution is -2.41. The molecule has 2 heteroatoms. The van der Waals surface area contributed by atoms with E-state index in [4.69, 9.17) is 5.73 Å². The number of piperidine rings is 1. The molecule has 2 nitrogen and oxygen atoms in total. The summed E-state index contributed by atoms with van der Waals surface area (Å²) in [5.74, 6) is 0.883. The van der Waals surface area contributed by atoms with Gasteiger partial charge in [-0.2, -0.15) is 0 Å². The fourth-order valence-electron chi connectivity index (χ4n) is 3.79. The largest absolute Gasteiger partial charge is 0.328 e. The maximum Gasteiger partial charge on any atom is 0.0111 e. The second kappa shape index (κ2) is 6.06. The first-order valence-corrected chi connectivity index (χ1v) is 7.85. The molecule has 0 bridgehead atoms. The third kappa shape index (κ3) is 3.37. The van der Waals surface area contributed by atoms with Crippen LogP contribution in [0.5, 0.6) is 0 Å². The van der Waals surface area contributed by atoms with Gasteiger partial charge in [0.05, 0.1) is 0 Å². The second-order valence-electron chi connectivity index (χ2n) is 6.40. The molecule has 1 aromatic carbocycles. The normalized spacial score (nSPS) is 29.7. The Labute approximate surface area is 117 Å². The van der Waals surface area contributed by atoms with Gasteiger partial charge in [-0.15, -0.1) is 0 Å². The van der Waals surface area contributed by atoms with Crippen LogP contribution in [0.25, 0.3) is 0 Å². The third-order valence-electron chi connectivity index (χ3n) is 4.98. The van der Waals surface area contributed by atoms with Gasteiger partial charge in [0.1, 0.15) is 0 Å². The van der Waals surface area contributed by atoms with Crippen molar-refractivity contribution in [3.05, 3.63) is 35.9 Å². The molecular weight excluding hydrogens is 232 g/mol. The van der Waals surface area contributed by atoms with Gasteiger partial charge in [-0.1, -0.05) is 30.3 Å². The molecule has 104 valence electrons. The summed E-state index contributed by atoms with van der Waals surface area (Å²) in [5.41, 5.74) is 7.54. The molecule has 2 atom stereocenters. The molecule has 19 heavy (non-hydrogen) atoms. The summed E-state index contributed by atoms with van der Waals surface area (Å²) in [7, 11) is 0. The van der Waals surface area contributed by atoms with Crippen LogP contribution in [0.2, 0.25) is 0 Å². The van der Waals surface area contributed by atoms with Gasteiger partial charge < -0.3 is 10.6 Å². The summed E-state index contributed by atoms with van der Waals surface area (Å²) in [6.07, 6.45) is 7.77. The van der Waals surface area contributed by atoms with Gasteiger partial charge >= 0.3 is 0 Å². The molecular formula is C17H26N2. The highest BCUT2D eigenvalue weighted by molar-refractivity contribution is 5.15. The molecule has 1 aromatic rings. The summed E-state index contributed by atoms with van der Waals surface area (Å²) in [4.78, 5) is 2.70. The van der Waals surface area contributed by atoms with E-state index >= 15 is 0 Å². The molecule has 2 fully saturated rings. The zero-order valence-electron chi connectivity index (χ0n) is 11.8. The SMILES string of the molecule is NC1CCC(N2CCC(Cc3ccccc3)CC2)C1. The molecule has 1 saturated heterocycles. The Morgan fingerprint density at radius 3 is 2.37 bits per heavy atom. The van der Waals surface area contributed by atoms with Gasteiger partial charge in [-0.3, -0.25) is 0 Å². The maximum absolute atomic E-state index is 6.03. The van der Waals surface area contributed by atoms with Crippen LogP contribution in [-0.4, -0.2) is 30.1 Å².